The van der Waals surface area contributed by atoms with E-state index in [1.807, 2.05) is 7.05 Å². The van der Waals surface area contributed by atoms with Gasteiger partial charge in [0.25, 0.3) is 5.91 Å². The Morgan fingerprint density at radius 3 is 2.30 bits per heavy atom. The fourth-order valence-corrected chi connectivity index (χ4v) is 2.86. The fourth-order valence-electron chi connectivity index (χ4n) is 2.73. The van der Waals surface area contributed by atoms with Crippen LogP contribution >= 0.6 is 11.6 Å². The molecule has 3 atom stereocenters. The van der Waals surface area contributed by atoms with Gasteiger partial charge in [-0.15, -0.1) is 0 Å². The van der Waals surface area contributed by atoms with Crippen molar-refractivity contribution >= 4 is 23.9 Å². The zero-order chi connectivity index (χ0) is 20.8. The topological polar surface area (TPSA) is 93.4 Å². The molecule has 0 radical (unpaired) electrons. The van der Waals surface area contributed by atoms with E-state index in [0.29, 0.717) is 34.7 Å². The molecule has 4 N–H and O–H groups in total. The number of ether oxygens (including phenoxy) is 1. The van der Waals surface area contributed by atoms with Gasteiger partial charge in [-0.05, 0) is 49.6 Å². The number of carbonyl (C=O) groups is 2. The second-order valence-corrected chi connectivity index (χ2v) is 7.22. The minimum absolute atomic E-state index is 0.0506. The third-order valence-corrected chi connectivity index (χ3v) is 4.70. The van der Waals surface area contributed by atoms with Crippen LogP contribution in [-0.2, 0) is 9.59 Å². The van der Waals surface area contributed by atoms with E-state index < -0.39 is 0 Å². The SMILES string of the molecule is CCC1C(C)CC1NC(=O)COc1ccc(Cl)cc1.CNC(C)C.NC=O. The van der Waals surface area contributed by atoms with Crippen molar-refractivity contribution in [3.63, 3.8) is 0 Å². The average Bonchev–Trinajstić information content (AvgIpc) is 2.62. The van der Waals surface area contributed by atoms with Crippen LogP contribution in [0, 0.1) is 11.8 Å². The molecule has 1 fully saturated rings. The van der Waals surface area contributed by atoms with Crippen LogP contribution in [0.1, 0.15) is 40.5 Å². The number of hydrogen-bond acceptors (Lipinski definition) is 4. The lowest BCUT2D eigenvalue weighted by molar-refractivity contribution is -0.125. The van der Waals surface area contributed by atoms with Crippen molar-refractivity contribution in [1.82, 2.24) is 10.6 Å². The van der Waals surface area contributed by atoms with Crippen LogP contribution in [0.2, 0.25) is 5.02 Å². The summed E-state index contributed by atoms with van der Waals surface area (Å²) >= 11 is 5.78. The maximum Gasteiger partial charge on any atom is 0.258 e. The number of nitrogens with one attached hydrogen (secondary N) is 2. The Kier molecular flexibility index (Phi) is 13.3. The zero-order valence-corrected chi connectivity index (χ0v) is 17.8. The number of amides is 2. The molecule has 2 rings (SSSR count). The first kappa shape index (κ1) is 25.2. The van der Waals surface area contributed by atoms with Crippen molar-refractivity contribution < 1.29 is 14.3 Å². The second kappa shape index (κ2) is 14.3. The Morgan fingerprint density at radius 1 is 1.37 bits per heavy atom. The Balaban J connectivity index is 0.000000719. The molecule has 1 aromatic carbocycles. The summed E-state index contributed by atoms with van der Waals surface area (Å²) in [5.74, 6) is 1.94. The maximum atomic E-state index is 11.8. The quantitative estimate of drug-likeness (QED) is 0.641. The second-order valence-electron chi connectivity index (χ2n) is 6.78. The highest BCUT2D eigenvalue weighted by Crippen LogP contribution is 2.36. The van der Waals surface area contributed by atoms with Crippen LogP contribution in [0.4, 0.5) is 0 Å². The fraction of sp³-hybridized carbons (Fsp3) is 0.600. The predicted molar refractivity (Wildman–Crippen MR) is 111 cm³/mol. The van der Waals surface area contributed by atoms with Crippen molar-refractivity contribution in [2.45, 2.75) is 52.6 Å². The molecule has 1 saturated carbocycles. The van der Waals surface area contributed by atoms with E-state index in [2.05, 4.69) is 44.1 Å². The minimum Gasteiger partial charge on any atom is -0.484 e. The Morgan fingerprint density at radius 2 is 1.89 bits per heavy atom. The lowest BCUT2D eigenvalue weighted by atomic mass is 9.69. The molecule has 27 heavy (non-hydrogen) atoms. The summed E-state index contributed by atoms with van der Waals surface area (Å²) in [5.41, 5.74) is 4.17. The van der Waals surface area contributed by atoms with E-state index in [1.54, 1.807) is 24.3 Å². The molecule has 1 aliphatic rings. The highest BCUT2D eigenvalue weighted by molar-refractivity contribution is 6.30. The summed E-state index contributed by atoms with van der Waals surface area (Å²) in [6.45, 7) is 8.69. The molecule has 6 nitrogen and oxygen atoms in total. The Bertz CT molecular complexity index is 538. The molecule has 0 bridgehead atoms. The first-order valence-corrected chi connectivity index (χ1v) is 9.67. The molecule has 0 aromatic heterocycles. The first-order chi connectivity index (χ1) is 12.8. The van der Waals surface area contributed by atoms with Gasteiger partial charge in [0.2, 0.25) is 6.41 Å². The molecule has 154 valence electrons. The molecule has 0 spiro atoms. The third kappa shape index (κ3) is 10.8. The Labute approximate surface area is 168 Å². The first-order valence-electron chi connectivity index (χ1n) is 9.29. The maximum absolute atomic E-state index is 11.8. The van der Waals surface area contributed by atoms with Gasteiger partial charge in [-0.2, -0.15) is 0 Å². The Hall–Kier alpha value is -1.79. The van der Waals surface area contributed by atoms with Crippen molar-refractivity contribution in [3.8, 4) is 5.75 Å². The van der Waals surface area contributed by atoms with E-state index in [1.165, 1.54) is 0 Å². The number of carbonyl (C=O) groups excluding carboxylic acids is 2. The summed E-state index contributed by atoms with van der Waals surface area (Å²) < 4.78 is 5.42. The average molecular weight is 400 g/mol. The highest BCUT2D eigenvalue weighted by Gasteiger charge is 2.37. The number of nitrogens with two attached hydrogens (primary N) is 1. The van der Waals surface area contributed by atoms with Crippen LogP contribution in [0.5, 0.6) is 5.75 Å². The smallest absolute Gasteiger partial charge is 0.258 e. The zero-order valence-electron chi connectivity index (χ0n) is 17.0. The summed E-state index contributed by atoms with van der Waals surface area (Å²) in [5, 5.41) is 6.73. The lowest BCUT2D eigenvalue weighted by Crippen LogP contribution is -2.52. The molecule has 0 aliphatic heterocycles. The van der Waals surface area contributed by atoms with E-state index in [9.17, 15) is 4.79 Å². The molecule has 3 unspecified atom stereocenters. The van der Waals surface area contributed by atoms with Crippen molar-refractivity contribution in [2.24, 2.45) is 17.6 Å². The minimum atomic E-state index is -0.0506. The van der Waals surface area contributed by atoms with Crippen LogP contribution in [0.25, 0.3) is 0 Å². The number of halogens is 1. The molecule has 0 saturated heterocycles. The molecule has 7 heteroatoms. The van der Waals surface area contributed by atoms with Crippen LogP contribution in [-0.4, -0.2) is 38.1 Å². The number of benzene rings is 1. The summed E-state index contributed by atoms with van der Waals surface area (Å²) in [7, 11) is 1.95. The van der Waals surface area contributed by atoms with Crippen molar-refractivity contribution in [1.29, 1.82) is 0 Å². The van der Waals surface area contributed by atoms with E-state index >= 15 is 0 Å². The van der Waals surface area contributed by atoms with Crippen molar-refractivity contribution in [3.05, 3.63) is 29.3 Å². The molecule has 1 aromatic rings. The standard InChI is InChI=1S/C15H20ClNO2.C4H11N.CH3NO/c1-3-13-10(2)8-14(13)17-15(18)9-19-12-6-4-11(16)5-7-12;1-4(2)5-3;2-1-3/h4-7,10,13-14H,3,8-9H2,1-2H3,(H,17,18);4-5H,1-3H3;1H,(H2,2,3). The third-order valence-electron chi connectivity index (χ3n) is 4.45. The van der Waals surface area contributed by atoms with Gasteiger partial charge in [-0.25, -0.2) is 0 Å². The van der Waals surface area contributed by atoms with Gasteiger partial charge in [-0.1, -0.05) is 45.7 Å². The summed E-state index contributed by atoms with van der Waals surface area (Å²) in [6.07, 6.45) is 2.44. The van der Waals surface area contributed by atoms with Gasteiger partial charge in [0.15, 0.2) is 6.61 Å². The lowest BCUT2D eigenvalue weighted by Gasteiger charge is -2.43. The van der Waals surface area contributed by atoms with Crippen molar-refractivity contribution in [2.75, 3.05) is 13.7 Å². The largest absolute Gasteiger partial charge is 0.484 e. The van der Waals surface area contributed by atoms with Gasteiger partial charge in [0, 0.05) is 17.1 Å². The number of rotatable bonds is 6. The molecule has 0 heterocycles. The van der Waals surface area contributed by atoms with Gasteiger partial charge >= 0.3 is 0 Å². The van der Waals surface area contributed by atoms with Crippen LogP contribution < -0.4 is 21.1 Å². The van der Waals surface area contributed by atoms with Gasteiger partial charge in [0.05, 0.1) is 0 Å². The van der Waals surface area contributed by atoms with Crippen LogP contribution in [0.3, 0.4) is 0 Å². The van der Waals surface area contributed by atoms with Gasteiger partial charge in [-0.3, -0.25) is 9.59 Å². The van der Waals surface area contributed by atoms with E-state index in [0.717, 1.165) is 12.8 Å². The monoisotopic (exact) mass is 399 g/mol. The molecule has 1 aliphatic carbocycles. The molecular formula is C20H34ClN3O3. The van der Waals surface area contributed by atoms with Crippen LogP contribution in [0.15, 0.2) is 24.3 Å². The number of hydrogen-bond donors (Lipinski definition) is 3. The summed E-state index contributed by atoms with van der Waals surface area (Å²) in [4.78, 5) is 20.4. The highest BCUT2D eigenvalue weighted by atomic mass is 35.5. The molecule has 2 amide bonds. The van der Waals surface area contributed by atoms with Gasteiger partial charge < -0.3 is 21.1 Å². The predicted octanol–water partition coefficient (Wildman–Crippen LogP) is 2.99. The molecular weight excluding hydrogens is 366 g/mol. The summed E-state index contributed by atoms with van der Waals surface area (Å²) in [6, 6.07) is 7.97. The van der Waals surface area contributed by atoms with E-state index in [-0.39, 0.29) is 18.9 Å². The van der Waals surface area contributed by atoms with E-state index in [4.69, 9.17) is 21.1 Å². The van der Waals surface area contributed by atoms with Gasteiger partial charge in [0.1, 0.15) is 5.75 Å². The number of primary amides is 1. The normalized spacial score (nSPS) is 20.2.